The van der Waals surface area contributed by atoms with Crippen molar-refractivity contribution >= 4 is 11.8 Å². The standard InChI is InChI=1S/C19H20N4O4/c1-11-20-14-9-23(8-7-13(14)18(25)21-11)19(26)17-16(22-15(24)10-27-17)12-5-3-2-4-6-12/h2-6,16-17H,7-10H2,1H3,(H,22,24)(H,20,21,25)/t16-,17+/m1/s1. The summed E-state index contributed by atoms with van der Waals surface area (Å²) in [6.45, 7) is 2.23. The Labute approximate surface area is 155 Å². The van der Waals surface area contributed by atoms with E-state index in [1.54, 1.807) is 11.8 Å². The number of aryl methyl sites for hydroxylation is 1. The number of rotatable bonds is 2. The summed E-state index contributed by atoms with van der Waals surface area (Å²) in [6.07, 6.45) is -0.367. The van der Waals surface area contributed by atoms with E-state index in [1.165, 1.54) is 0 Å². The molecule has 0 saturated carbocycles. The molecule has 2 atom stereocenters. The summed E-state index contributed by atoms with van der Waals surface area (Å²) in [6, 6.07) is 8.75. The highest BCUT2D eigenvalue weighted by atomic mass is 16.5. The third kappa shape index (κ3) is 3.35. The SMILES string of the molecule is Cc1nc2c(c(=O)[nH]1)CCN(C(=O)[C@H]1OCC(=O)N[C@@H]1c1ccccc1)C2. The van der Waals surface area contributed by atoms with E-state index in [4.69, 9.17) is 4.74 Å². The van der Waals surface area contributed by atoms with Crippen LogP contribution in [-0.4, -0.2) is 45.9 Å². The summed E-state index contributed by atoms with van der Waals surface area (Å²) in [5, 5.41) is 2.86. The fourth-order valence-corrected chi connectivity index (χ4v) is 3.62. The molecule has 8 nitrogen and oxygen atoms in total. The number of benzene rings is 1. The molecule has 1 aromatic carbocycles. The van der Waals surface area contributed by atoms with Crippen molar-refractivity contribution in [3.05, 3.63) is 63.3 Å². The molecule has 4 rings (SSSR count). The largest absolute Gasteiger partial charge is 0.356 e. The van der Waals surface area contributed by atoms with Crippen LogP contribution in [-0.2, 0) is 27.3 Å². The topological polar surface area (TPSA) is 104 Å². The molecule has 2 N–H and O–H groups in total. The molecule has 2 amide bonds. The van der Waals surface area contributed by atoms with E-state index in [1.807, 2.05) is 30.3 Å². The molecule has 27 heavy (non-hydrogen) atoms. The number of hydrogen-bond donors (Lipinski definition) is 2. The van der Waals surface area contributed by atoms with E-state index in [2.05, 4.69) is 15.3 Å². The number of carbonyl (C=O) groups excluding carboxylic acids is 2. The Morgan fingerprint density at radius 1 is 1.26 bits per heavy atom. The number of nitrogens with zero attached hydrogens (tertiary/aromatic N) is 2. The predicted octanol–water partition coefficient (Wildman–Crippen LogP) is 0.219. The summed E-state index contributed by atoms with van der Waals surface area (Å²) in [4.78, 5) is 45.8. The van der Waals surface area contributed by atoms with Crippen molar-refractivity contribution in [2.75, 3.05) is 13.2 Å². The first kappa shape index (κ1) is 17.4. The normalized spacial score (nSPS) is 22.1. The van der Waals surface area contributed by atoms with Gasteiger partial charge in [0.05, 0.1) is 18.3 Å². The number of aromatic amines is 1. The van der Waals surface area contributed by atoms with Crippen molar-refractivity contribution in [3.8, 4) is 0 Å². The molecule has 0 unspecified atom stereocenters. The maximum absolute atomic E-state index is 13.2. The monoisotopic (exact) mass is 368 g/mol. The van der Waals surface area contributed by atoms with E-state index in [9.17, 15) is 14.4 Å². The smallest absolute Gasteiger partial charge is 0.254 e. The van der Waals surface area contributed by atoms with Gasteiger partial charge in [0.2, 0.25) is 5.91 Å². The number of fused-ring (bicyclic) bond motifs is 1. The number of morpholine rings is 1. The minimum atomic E-state index is -0.810. The summed E-state index contributed by atoms with van der Waals surface area (Å²) in [5.41, 5.74) is 1.91. The number of carbonyl (C=O) groups is 2. The lowest BCUT2D eigenvalue weighted by atomic mass is 9.97. The zero-order chi connectivity index (χ0) is 19.0. The highest BCUT2D eigenvalue weighted by molar-refractivity contribution is 5.86. The van der Waals surface area contributed by atoms with Crippen LogP contribution in [0.1, 0.15) is 28.7 Å². The molecule has 2 aliphatic heterocycles. The molecular weight excluding hydrogens is 348 g/mol. The Morgan fingerprint density at radius 2 is 2.04 bits per heavy atom. The first-order valence-electron chi connectivity index (χ1n) is 8.86. The maximum atomic E-state index is 13.2. The van der Waals surface area contributed by atoms with Crippen molar-refractivity contribution in [2.24, 2.45) is 0 Å². The number of nitrogens with one attached hydrogen (secondary N) is 2. The summed E-state index contributed by atoms with van der Waals surface area (Å²) in [5.74, 6) is 0.0614. The lowest BCUT2D eigenvalue weighted by Gasteiger charge is -2.36. The second-order valence-electron chi connectivity index (χ2n) is 6.77. The molecule has 0 aliphatic carbocycles. The van der Waals surface area contributed by atoms with Crippen LogP contribution in [0.2, 0.25) is 0 Å². The van der Waals surface area contributed by atoms with Crippen LogP contribution in [0.25, 0.3) is 0 Å². The van der Waals surface area contributed by atoms with Gasteiger partial charge in [0.1, 0.15) is 12.4 Å². The van der Waals surface area contributed by atoms with Crippen LogP contribution < -0.4 is 10.9 Å². The lowest BCUT2D eigenvalue weighted by Crippen LogP contribution is -2.54. The average Bonchev–Trinajstić information content (AvgIpc) is 2.67. The van der Waals surface area contributed by atoms with Crippen molar-refractivity contribution in [3.63, 3.8) is 0 Å². The lowest BCUT2D eigenvalue weighted by molar-refractivity contribution is -0.156. The molecule has 3 heterocycles. The Balaban J connectivity index is 1.59. The Kier molecular flexibility index (Phi) is 4.49. The summed E-state index contributed by atoms with van der Waals surface area (Å²) in [7, 11) is 0. The maximum Gasteiger partial charge on any atom is 0.254 e. The first-order chi connectivity index (χ1) is 13.0. The van der Waals surface area contributed by atoms with E-state index in [-0.39, 0.29) is 30.5 Å². The Bertz CT molecular complexity index is 940. The van der Waals surface area contributed by atoms with Crippen LogP contribution in [0.4, 0.5) is 0 Å². The quantitative estimate of drug-likeness (QED) is 0.789. The van der Waals surface area contributed by atoms with Crippen molar-refractivity contribution in [2.45, 2.75) is 32.0 Å². The van der Waals surface area contributed by atoms with Crippen molar-refractivity contribution in [1.82, 2.24) is 20.2 Å². The fraction of sp³-hybridized carbons (Fsp3) is 0.368. The van der Waals surface area contributed by atoms with Gasteiger partial charge in [-0.15, -0.1) is 0 Å². The highest BCUT2D eigenvalue weighted by Crippen LogP contribution is 2.25. The van der Waals surface area contributed by atoms with Gasteiger partial charge in [-0.3, -0.25) is 14.4 Å². The fourth-order valence-electron chi connectivity index (χ4n) is 3.62. The van der Waals surface area contributed by atoms with Crippen LogP contribution in [0, 0.1) is 6.92 Å². The molecular formula is C19H20N4O4. The van der Waals surface area contributed by atoms with Gasteiger partial charge < -0.3 is 19.9 Å². The molecule has 1 aromatic heterocycles. The van der Waals surface area contributed by atoms with Crippen LogP contribution >= 0.6 is 0 Å². The van der Waals surface area contributed by atoms with E-state index in [0.717, 1.165) is 5.56 Å². The minimum absolute atomic E-state index is 0.145. The van der Waals surface area contributed by atoms with Gasteiger partial charge >= 0.3 is 0 Å². The molecule has 0 bridgehead atoms. The van der Waals surface area contributed by atoms with E-state index >= 15 is 0 Å². The number of amides is 2. The second kappa shape index (κ2) is 6.96. The van der Waals surface area contributed by atoms with Gasteiger partial charge in [-0.05, 0) is 18.9 Å². The molecule has 8 heteroatoms. The predicted molar refractivity (Wildman–Crippen MR) is 95.8 cm³/mol. The van der Waals surface area contributed by atoms with Gasteiger partial charge in [-0.2, -0.15) is 0 Å². The van der Waals surface area contributed by atoms with Crippen molar-refractivity contribution in [1.29, 1.82) is 0 Å². The molecule has 2 aliphatic rings. The molecule has 0 spiro atoms. The Hall–Kier alpha value is -3.00. The van der Waals surface area contributed by atoms with Crippen LogP contribution in [0.3, 0.4) is 0 Å². The third-order valence-electron chi connectivity index (χ3n) is 4.92. The molecule has 1 fully saturated rings. The zero-order valence-electron chi connectivity index (χ0n) is 14.9. The molecule has 140 valence electrons. The zero-order valence-corrected chi connectivity index (χ0v) is 14.9. The third-order valence-corrected chi connectivity index (χ3v) is 4.92. The van der Waals surface area contributed by atoms with E-state index in [0.29, 0.717) is 30.0 Å². The molecule has 2 aromatic rings. The highest BCUT2D eigenvalue weighted by Gasteiger charge is 2.39. The van der Waals surface area contributed by atoms with E-state index < -0.39 is 12.1 Å². The minimum Gasteiger partial charge on any atom is -0.356 e. The number of aromatic nitrogens is 2. The van der Waals surface area contributed by atoms with Gasteiger partial charge in [0, 0.05) is 12.1 Å². The summed E-state index contributed by atoms with van der Waals surface area (Å²) < 4.78 is 5.62. The first-order valence-corrected chi connectivity index (χ1v) is 8.86. The molecule has 0 radical (unpaired) electrons. The summed E-state index contributed by atoms with van der Waals surface area (Å²) >= 11 is 0. The average molecular weight is 368 g/mol. The van der Waals surface area contributed by atoms with Gasteiger partial charge in [0.15, 0.2) is 6.10 Å². The van der Waals surface area contributed by atoms with Crippen LogP contribution in [0.5, 0.6) is 0 Å². The number of hydrogen-bond acceptors (Lipinski definition) is 5. The van der Waals surface area contributed by atoms with Gasteiger partial charge in [-0.25, -0.2) is 4.98 Å². The van der Waals surface area contributed by atoms with Crippen LogP contribution in [0.15, 0.2) is 35.1 Å². The molecule has 1 saturated heterocycles. The van der Waals surface area contributed by atoms with Gasteiger partial charge in [-0.1, -0.05) is 30.3 Å². The Morgan fingerprint density at radius 3 is 2.81 bits per heavy atom. The second-order valence-corrected chi connectivity index (χ2v) is 6.77. The number of H-pyrrole nitrogens is 1. The van der Waals surface area contributed by atoms with Crippen molar-refractivity contribution < 1.29 is 14.3 Å². The van der Waals surface area contributed by atoms with Gasteiger partial charge in [0.25, 0.3) is 11.5 Å². The number of ether oxygens (including phenoxy) is 1.